The minimum Gasteiger partial charge on any atom is -0.493 e. The second-order valence-electron chi connectivity index (χ2n) is 6.41. The highest BCUT2D eigenvalue weighted by Gasteiger charge is 2.24. The Morgan fingerprint density at radius 2 is 1.81 bits per heavy atom. The molecule has 1 aliphatic carbocycles. The van der Waals surface area contributed by atoms with E-state index in [-0.39, 0.29) is 11.9 Å². The zero-order chi connectivity index (χ0) is 19.2. The summed E-state index contributed by atoms with van der Waals surface area (Å²) in [6.07, 6.45) is 2.76. The van der Waals surface area contributed by atoms with Gasteiger partial charge in [0, 0.05) is 17.1 Å². The van der Waals surface area contributed by atoms with Crippen molar-refractivity contribution in [3.63, 3.8) is 0 Å². The Hall–Kier alpha value is -2.53. The van der Waals surface area contributed by atoms with Crippen LogP contribution in [0.2, 0.25) is 5.02 Å². The summed E-state index contributed by atoms with van der Waals surface area (Å²) in [6, 6.07) is 13.2. The number of rotatable bonds is 8. The summed E-state index contributed by atoms with van der Waals surface area (Å²) in [5.74, 6) is 1.20. The lowest BCUT2D eigenvalue weighted by molar-refractivity contribution is -0.114. The van der Waals surface area contributed by atoms with Crippen molar-refractivity contribution in [2.24, 2.45) is 4.99 Å². The molecule has 0 unspecified atom stereocenters. The van der Waals surface area contributed by atoms with Gasteiger partial charge in [-0.15, -0.1) is 0 Å². The van der Waals surface area contributed by atoms with E-state index < -0.39 is 0 Å². The molecule has 1 N–H and O–H groups in total. The second-order valence-corrected chi connectivity index (χ2v) is 6.85. The lowest BCUT2D eigenvalue weighted by Crippen LogP contribution is -2.33. The fourth-order valence-electron chi connectivity index (χ4n) is 2.70. The average Bonchev–Trinajstić information content (AvgIpc) is 3.51. The molecule has 3 rings (SSSR count). The topological polar surface area (TPSA) is 59.9 Å². The smallest absolute Gasteiger partial charge is 0.270 e. The Morgan fingerprint density at radius 1 is 1.11 bits per heavy atom. The van der Waals surface area contributed by atoms with E-state index in [2.05, 4.69) is 10.3 Å². The van der Waals surface area contributed by atoms with Crippen molar-refractivity contribution in [1.82, 2.24) is 5.32 Å². The van der Waals surface area contributed by atoms with Crippen LogP contribution in [0.15, 0.2) is 47.5 Å². The first-order valence-corrected chi connectivity index (χ1v) is 9.31. The molecule has 0 heterocycles. The maximum Gasteiger partial charge on any atom is 0.270 e. The van der Waals surface area contributed by atoms with Crippen LogP contribution in [0.25, 0.3) is 0 Å². The SMILES string of the molecule is COc1ccc(CCNC(=O)C(=NC2CC2)c2ccc(Cl)cc2)cc1OC. The number of carbonyl (C=O) groups excluding carboxylic acids is 1. The molecule has 142 valence electrons. The third kappa shape index (κ3) is 5.23. The van der Waals surface area contributed by atoms with Gasteiger partial charge in [0.05, 0.1) is 20.3 Å². The van der Waals surface area contributed by atoms with Crippen molar-refractivity contribution in [1.29, 1.82) is 0 Å². The molecule has 1 aliphatic rings. The molecule has 0 saturated heterocycles. The lowest BCUT2D eigenvalue weighted by Gasteiger charge is -2.11. The average molecular weight is 387 g/mol. The van der Waals surface area contributed by atoms with Crippen LogP contribution in [0.3, 0.4) is 0 Å². The van der Waals surface area contributed by atoms with Gasteiger partial charge in [0.2, 0.25) is 0 Å². The lowest BCUT2D eigenvalue weighted by atomic mass is 10.1. The van der Waals surface area contributed by atoms with Crippen molar-refractivity contribution in [3.8, 4) is 11.5 Å². The number of nitrogens with one attached hydrogen (secondary N) is 1. The normalized spacial score (nSPS) is 14.0. The summed E-state index contributed by atoms with van der Waals surface area (Å²) in [7, 11) is 3.21. The molecule has 27 heavy (non-hydrogen) atoms. The number of hydrogen-bond donors (Lipinski definition) is 1. The van der Waals surface area contributed by atoms with Crippen LogP contribution in [0.1, 0.15) is 24.0 Å². The predicted molar refractivity (Wildman–Crippen MR) is 107 cm³/mol. The molecule has 2 aromatic rings. The number of ether oxygens (including phenoxy) is 2. The van der Waals surface area contributed by atoms with E-state index in [1.54, 1.807) is 26.4 Å². The third-order valence-corrected chi connectivity index (χ3v) is 4.59. The van der Waals surface area contributed by atoms with E-state index in [0.717, 1.165) is 24.0 Å². The summed E-state index contributed by atoms with van der Waals surface area (Å²) in [5, 5.41) is 3.61. The Labute approximate surface area is 164 Å². The van der Waals surface area contributed by atoms with Crippen LogP contribution < -0.4 is 14.8 Å². The van der Waals surface area contributed by atoms with Crippen LogP contribution in [0, 0.1) is 0 Å². The van der Waals surface area contributed by atoms with E-state index in [9.17, 15) is 4.79 Å². The highest BCUT2D eigenvalue weighted by molar-refractivity contribution is 6.45. The summed E-state index contributed by atoms with van der Waals surface area (Å²) in [4.78, 5) is 17.3. The highest BCUT2D eigenvalue weighted by Crippen LogP contribution is 2.27. The van der Waals surface area contributed by atoms with Gasteiger partial charge in [-0.05, 0) is 49.1 Å². The second kappa shape index (κ2) is 8.91. The minimum absolute atomic E-state index is 0.162. The largest absolute Gasteiger partial charge is 0.493 e. The zero-order valence-corrected chi connectivity index (χ0v) is 16.3. The minimum atomic E-state index is -0.162. The first-order chi connectivity index (χ1) is 13.1. The predicted octanol–water partition coefficient (Wildman–Crippen LogP) is 3.67. The molecule has 0 aliphatic heterocycles. The summed E-state index contributed by atoms with van der Waals surface area (Å²) < 4.78 is 10.6. The van der Waals surface area contributed by atoms with Gasteiger partial charge in [0.25, 0.3) is 5.91 Å². The monoisotopic (exact) mass is 386 g/mol. The molecular formula is C21H23ClN2O3. The van der Waals surface area contributed by atoms with E-state index in [0.29, 0.717) is 35.2 Å². The van der Waals surface area contributed by atoms with Gasteiger partial charge in [0.15, 0.2) is 11.5 Å². The van der Waals surface area contributed by atoms with E-state index in [4.69, 9.17) is 21.1 Å². The standard InChI is InChI=1S/C21H23ClN2O3/c1-26-18-10-3-14(13-19(18)27-2)11-12-23-21(25)20(24-17-8-9-17)15-4-6-16(22)7-5-15/h3-7,10,13,17H,8-9,11-12H2,1-2H3,(H,23,25). The number of amides is 1. The van der Waals surface area contributed by atoms with Crippen LogP contribution >= 0.6 is 11.6 Å². The highest BCUT2D eigenvalue weighted by atomic mass is 35.5. The number of nitrogens with zero attached hydrogens (tertiary/aromatic N) is 1. The molecule has 0 spiro atoms. The van der Waals surface area contributed by atoms with Crippen LogP contribution in [0.5, 0.6) is 11.5 Å². The number of halogens is 1. The molecule has 0 aromatic heterocycles. The van der Waals surface area contributed by atoms with Crippen molar-refractivity contribution in [3.05, 3.63) is 58.6 Å². The number of carbonyl (C=O) groups is 1. The Morgan fingerprint density at radius 3 is 2.44 bits per heavy atom. The number of hydrogen-bond acceptors (Lipinski definition) is 4. The fraction of sp³-hybridized carbons (Fsp3) is 0.333. The van der Waals surface area contributed by atoms with E-state index in [1.165, 1.54) is 0 Å². The molecule has 1 saturated carbocycles. The number of methoxy groups -OCH3 is 2. The molecule has 5 nitrogen and oxygen atoms in total. The van der Waals surface area contributed by atoms with Gasteiger partial charge in [-0.2, -0.15) is 0 Å². The Bertz CT molecular complexity index is 830. The van der Waals surface area contributed by atoms with Crippen molar-refractivity contribution in [2.75, 3.05) is 20.8 Å². The first kappa shape index (κ1) is 19.2. The van der Waals surface area contributed by atoms with Gasteiger partial charge in [-0.3, -0.25) is 9.79 Å². The fourth-order valence-corrected chi connectivity index (χ4v) is 2.82. The molecule has 2 aromatic carbocycles. The van der Waals surface area contributed by atoms with Gasteiger partial charge in [0.1, 0.15) is 5.71 Å². The van der Waals surface area contributed by atoms with E-state index in [1.807, 2.05) is 30.3 Å². The molecule has 1 fully saturated rings. The molecule has 0 atom stereocenters. The molecular weight excluding hydrogens is 364 g/mol. The Balaban J connectivity index is 1.64. The van der Waals surface area contributed by atoms with Crippen LogP contribution in [-0.4, -0.2) is 38.4 Å². The quantitative estimate of drug-likeness (QED) is 0.704. The van der Waals surface area contributed by atoms with Crippen molar-refractivity contribution >= 4 is 23.2 Å². The zero-order valence-electron chi connectivity index (χ0n) is 15.5. The molecule has 0 radical (unpaired) electrons. The maximum atomic E-state index is 12.7. The van der Waals surface area contributed by atoms with Crippen molar-refractivity contribution < 1.29 is 14.3 Å². The first-order valence-electron chi connectivity index (χ1n) is 8.93. The summed E-state index contributed by atoms with van der Waals surface area (Å²) in [5.41, 5.74) is 2.32. The van der Waals surface area contributed by atoms with Crippen molar-refractivity contribution in [2.45, 2.75) is 25.3 Å². The number of benzene rings is 2. The summed E-state index contributed by atoms with van der Waals surface area (Å²) in [6.45, 7) is 0.506. The molecule has 6 heteroatoms. The van der Waals surface area contributed by atoms with Gasteiger partial charge >= 0.3 is 0 Å². The van der Waals surface area contributed by atoms with Crippen LogP contribution in [0.4, 0.5) is 0 Å². The number of aliphatic imine (C=N–C) groups is 1. The van der Waals surface area contributed by atoms with Gasteiger partial charge in [-0.1, -0.05) is 29.8 Å². The Kier molecular flexibility index (Phi) is 6.35. The van der Waals surface area contributed by atoms with Gasteiger partial charge < -0.3 is 14.8 Å². The van der Waals surface area contributed by atoms with Crippen LogP contribution in [-0.2, 0) is 11.2 Å². The van der Waals surface area contributed by atoms with E-state index >= 15 is 0 Å². The molecule has 0 bridgehead atoms. The summed E-state index contributed by atoms with van der Waals surface area (Å²) >= 11 is 5.95. The third-order valence-electron chi connectivity index (χ3n) is 4.34. The maximum absolute atomic E-state index is 12.7. The van der Waals surface area contributed by atoms with Gasteiger partial charge in [-0.25, -0.2) is 0 Å². The molecule has 1 amide bonds.